The van der Waals surface area contributed by atoms with Crippen molar-refractivity contribution in [2.45, 2.75) is 25.9 Å². The van der Waals surface area contributed by atoms with Crippen LogP contribution in [-0.2, 0) is 13.1 Å². The molecule has 0 spiro atoms. The fourth-order valence-corrected chi connectivity index (χ4v) is 3.02. The van der Waals surface area contributed by atoms with Crippen molar-refractivity contribution in [1.82, 2.24) is 24.5 Å². The molecule has 4 heterocycles. The van der Waals surface area contributed by atoms with Gasteiger partial charge in [-0.3, -0.25) is 0 Å². The predicted octanol–water partition coefficient (Wildman–Crippen LogP) is 1.34. The maximum Gasteiger partial charge on any atom is 0.231 e. The van der Waals surface area contributed by atoms with Crippen molar-refractivity contribution in [2.24, 2.45) is 0 Å². The standard InChI is InChI=1S/C13H16ClN7/c14-11-16-12(20-4-1-2-5-20)18-13(17-11)21-8-7-19-6-3-15-10(19)9-21/h3,6H,1-2,4-5,7-9H2. The van der Waals surface area contributed by atoms with Gasteiger partial charge in [0.25, 0.3) is 0 Å². The summed E-state index contributed by atoms with van der Waals surface area (Å²) in [5.41, 5.74) is 0. The largest absolute Gasteiger partial charge is 0.341 e. The molecule has 7 nitrogen and oxygen atoms in total. The van der Waals surface area contributed by atoms with Crippen LogP contribution in [0.3, 0.4) is 0 Å². The van der Waals surface area contributed by atoms with Crippen LogP contribution in [0, 0.1) is 0 Å². The van der Waals surface area contributed by atoms with Gasteiger partial charge in [0.1, 0.15) is 5.82 Å². The van der Waals surface area contributed by atoms with Gasteiger partial charge in [0.2, 0.25) is 17.2 Å². The van der Waals surface area contributed by atoms with Crippen molar-refractivity contribution in [3.8, 4) is 0 Å². The third-order valence-electron chi connectivity index (χ3n) is 4.00. The highest BCUT2D eigenvalue weighted by Gasteiger charge is 2.22. The summed E-state index contributed by atoms with van der Waals surface area (Å²) in [7, 11) is 0. The molecule has 0 aliphatic carbocycles. The molecule has 2 aliphatic heterocycles. The fourth-order valence-electron chi connectivity index (χ4n) is 2.87. The van der Waals surface area contributed by atoms with Crippen molar-refractivity contribution in [3.63, 3.8) is 0 Å². The summed E-state index contributed by atoms with van der Waals surface area (Å²) in [5, 5.41) is 0.260. The Balaban J connectivity index is 1.63. The summed E-state index contributed by atoms with van der Waals surface area (Å²) >= 11 is 6.09. The first-order valence-corrected chi connectivity index (χ1v) is 7.59. The maximum atomic E-state index is 6.09. The zero-order chi connectivity index (χ0) is 14.2. The number of aromatic nitrogens is 5. The molecule has 0 amide bonds. The first-order chi connectivity index (χ1) is 10.3. The molecule has 0 atom stereocenters. The van der Waals surface area contributed by atoms with Crippen LogP contribution in [0.4, 0.5) is 11.9 Å². The third kappa shape index (κ3) is 2.42. The molecule has 0 saturated carbocycles. The van der Waals surface area contributed by atoms with Crippen LogP contribution in [-0.4, -0.2) is 44.1 Å². The average Bonchev–Trinajstić information content (AvgIpc) is 3.17. The Morgan fingerprint density at radius 1 is 0.905 bits per heavy atom. The summed E-state index contributed by atoms with van der Waals surface area (Å²) in [4.78, 5) is 21.8. The van der Waals surface area contributed by atoms with Gasteiger partial charge < -0.3 is 14.4 Å². The normalized spacial score (nSPS) is 18.1. The Hall–Kier alpha value is -1.89. The third-order valence-corrected chi connectivity index (χ3v) is 4.17. The Bertz CT molecular complexity index is 650. The van der Waals surface area contributed by atoms with Gasteiger partial charge in [-0.2, -0.15) is 15.0 Å². The van der Waals surface area contributed by atoms with E-state index in [4.69, 9.17) is 11.6 Å². The van der Waals surface area contributed by atoms with Gasteiger partial charge in [0.05, 0.1) is 6.54 Å². The summed E-state index contributed by atoms with van der Waals surface area (Å²) in [6.07, 6.45) is 6.19. The van der Waals surface area contributed by atoms with E-state index in [-0.39, 0.29) is 5.28 Å². The van der Waals surface area contributed by atoms with E-state index < -0.39 is 0 Å². The molecule has 0 aromatic carbocycles. The van der Waals surface area contributed by atoms with E-state index in [0.29, 0.717) is 18.4 Å². The van der Waals surface area contributed by atoms with E-state index in [2.05, 4.69) is 34.3 Å². The molecule has 2 aromatic rings. The molecule has 0 N–H and O–H groups in total. The molecule has 2 aliphatic rings. The number of halogens is 1. The lowest BCUT2D eigenvalue weighted by Gasteiger charge is -2.28. The SMILES string of the molecule is Clc1nc(N2CCCC2)nc(N2CCn3ccnc3C2)n1. The smallest absolute Gasteiger partial charge is 0.231 e. The van der Waals surface area contributed by atoms with Crippen LogP contribution in [0.2, 0.25) is 5.28 Å². The van der Waals surface area contributed by atoms with Gasteiger partial charge in [-0.1, -0.05) is 0 Å². The van der Waals surface area contributed by atoms with Crippen molar-refractivity contribution in [1.29, 1.82) is 0 Å². The minimum absolute atomic E-state index is 0.260. The van der Waals surface area contributed by atoms with E-state index in [1.54, 1.807) is 0 Å². The van der Waals surface area contributed by atoms with Crippen LogP contribution in [0.15, 0.2) is 12.4 Å². The van der Waals surface area contributed by atoms with Crippen molar-refractivity contribution in [3.05, 3.63) is 23.5 Å². The second-order valence-electron chi connectivity index (χ2n) is 5.36. The first-order valence-electron chi connectivity index (χ1n) is 7.21. The quantitative estimate of drug-likeness (QED) is 0.834. The summed E-state index contributed by atoms with van der Waals surface area (Å²) < 4.78 is 2.15. The molecule has 110 valence electrons. The second-order valence-corrected chi connectivity index (χ2v) is 5.70. The molecular weight excluding hydrogens is 290 g/mol. The molecule has 1 saturated heterocycles. The van der Waals surface area contributed by atoms with Crippen LogP contribution in [0.5, 0.6) is 0 Å². The molecule has 21 heavy (non-hydrogen) atoms. The number of anilines is 2. The molecule has 0 unspecified atom stereocenters. The zero-order valence-electron chi connectivity index (χ0n) is 11.6. The van der Waals surface area contributed by atoms with Gasteiger partial charge in [0.15, 0.2) is 0 Å². The zero-order valence-corrected chi connectivity index (χ0v) is 12.4. The minimum atomic E-state index is 0.260. The number of rotatable bonds is 2. The van der Waals surface area contributed by atoms with E-state index in [0.717, 1.165) is 32.0 Å². The summed E-state index contributed by atoms with van der Waals surface area (Å²) in [6.45, 7) is 4.42. The Morgan fingerprint density at radius 2 is 1.67 bits per heavy atom. The number of hydrogen-bond acceptors (Lipinski definition) is 6. The highest BCUT2D eigenvalue weighted by molar-refractivity contribution is 6.28. The highest BCUT2D eigenvalue weighted by Crippen LogP contribution is 2.22. The Labute approximate surface area is 127 Å². The van der Waals surface area contributed by atoms with E-state index in [9.17, 15) is 0 Å². The molecule has 1 fully saturated rings. The topological polar surface area (TPSA) is 63.0 Å². The van der Waals surface area contributed by atoms with Crippen LogP contribution < -0.4 is 9.80 Å². The fraction of sp³-hybridized carbons (Fsp3) is 0.538. The number of hydrogen-bond donors (Lipinski definition) is 0. The number of fused-ring (bicyclic) bond motifs is 1. The monoisotopic (exact) mass is 305 g/mol. The first kappa shape index (κ1) is 12.8. The predicted molar refractivity (Wildman–Crippen MR) is 79.6 cm³/mol. The maximum absolute atomic E-state index is 6.09. The van der Waals surface area contributed by atoms with Gasteiger partial charge >= 0.3 is 0 Å². The van der Waals surface area contributed by atoms with Gasteiger partial charge in [-0.05, 0) is 24.4 Å². The van der Waals surface area contributed by atoms with Gasteiger partial charge in [-0.15, -0.1) is 0 Å². The molecule has 0 radical (unpaired) electrons. The van der Waals surface area contributed by atoms with Crippen molar-refractivity contribution < 1.29 is 0 Å². The van der Waals surface area contributed by atoms with Gasteiger partial charge in [0, 0.05) is 38.6 Å². The van der Waals surface area contributed by atoms with Crippen LogP contribution in [0.25, 0.3) is 0 Å². The molecule has 2 aromatic heterocycles. The number of imidazole rings is 1. The average molecular weight is 306 g/mol. The summed E-state index contributed by atoms with van der Waals surface area (Å²) in [6, 6.07) is 0. The van der Waals surface area contributed by atoms with Crippen LogP contribution >= 0.6 is 11.6 Å². The van der Waals surface area contributed by atoms with Gasteiger partial charge in [-0.25, -0.2) is 4.98 Å². The van der Waals surface area contributed by atoms with Crippen molar-refractivity contribution >= 4 is 23.5 Å². The molecule has 4 rings (SSSR count). The lowest BCUT2D eigenvalue weighted by molar-refractivity contribution is 0.550. The Morgan fingerprint density at radius 3 is 2.48 bits per heavy atom. The van der Waals surface area contributed by atoms with E-state index in [1.165, 1.54) is 12.8 Å². The van der Waals surface area contributed by atoms with E-state index in [1.807, 2.05) is 12.4 Å². The summed E-state index contributed by atoms with van der Waals surface area (Å²) in [5.74, 6) is 2.36. The molecule has 0 bridgehead atoms. The molecular formula is C13H16ClN7. The van der Waals surface area contributed by atoms with Crippen molar-refractivity contribution in [2.75, 3.05) is 29.4 Å². The minimum Gasteiger partial charge on any atom is -0.341 e. The highest BCUT2D eigenvalue weighted by atomic mass is 35.5. The lowest BCUT2D eigenvalue weighted by Crippen LogP contribution is -2.35. The Kier molecular flexibility index (Phi) is 3.14. The number of nitrogens with zero attached hydrogens (tertiary/aromatic N) is 7. The molecule has 8 heteroatoms. The lowest BCUT2D eigenvalue weighted by atomic mass is 10.4. The van der Waals surface area contributed by atoms with Crippen LogP contribution in [0.1, 0.15) is 18.7 Å². The van der Waals surface area contributed by atoms with E-state index >= 15 is 0 Å². The second kappa shape index (κ2) is 5.14.